The van der Waals surface area contributed by atoms with Crippen molar-refractivity contribution in [2.75, 3.05) is 12.5 Å². The third kappa shape index (κ3) is 2.81. The van der Waals surface area contributed by atoms with Crippen molar-refractivity contribution in [3.05, 3.63) is 32.2 Å². The molecule has 1 aliphatic heterocycles. The maximum absolute atomic E-state index is 6.48. The van der Waals surface area contributed by atoms with E-state index >= 15 is 0 Å². The normalized spacial score (nSPS) is 12.6. The summed E-state index contributed by atoms with van der Waals surface area (Å²) in [4.78, 5) is 3.30. The Bertz CT molecular complexity index is 716. The van der Waals surface area contributed by atoms with E-state index in [0.29, 0.717) is 31.6 Å². The zero-order chi connectivity index (χ0) is 16.0. The quantitative estimate of drug-likeness (QED) is 0.381. The van der Waals surface area contributed by atoms with Crippen molar-refractivity contribution in [1.82, 2.24) is 0 Å². The summed E-state index contributed by atoms with van der Waals surface area (Å²) in [5.74, 6) is 1.24. The minimum Gasteiger partial charge on any atom is -0.455 e. The summed E-state index contributed by atoms with van der Waals surface area (Å²) in [6, 6.07) is 3.55. The maximum Gasteiger partial charge on any atom is 0.144 e. The zero-order valence-corrected chi connectivity index (χ0v) is 16.8. The largest absolute Gasteiger partial charge is 0.455 e. The molecule has 0 amide bonds. The monoisotopic (exact) mass is 428 g/mol. The highest BCUT2D eigenvalue weighted by atomic mass is 35.5. The van der Waals surface area contributed by atoms with Crippen LogP contribution in [0.2, 0.25) is 20.1 Å². The lowest BCUT2D eigenvalue weighted by atomic mass is 10.3. The molecule has 1 heterocycles. The first-order chi connectivity index (χ1) is 10.5. The van der Waals surface area contributed by atoms with Gasteiger partial charge in [-0.1, -0.05) is 58.2 Å². The number of hydrogen-bond acceptors (Lipinski definition) is 4. The van der Waals surface area contributed by atoms with Crippen LogP contribution in [0.4, 0.5) is 0 Å². The molecule has 22 heavy (non-hydrogen) atoms. The standard InChI is InChI=1S/C14H8Cl4OS3/c1-20-11-5(15)3-7-13(9(11)17)22-14-8(19-7)4-6(16)12(21-2)10(14)18/h3-4H,1-2H3. The van der Waals surface area contributed by atoms with Gasteiger partial charge < -0.3 is 4.74 Å². The Balaban J connectivity index is 2.19. The molecule has 0 saturated carbocycles. The molecule has 0 unspecified atom stereocenters. The van der Waals surface area contributed by atoms with Gasteiger partial charge in [0, 0.05) is 21.9 Å². The van der Waals surface area contributed by atoms with Gasteiger partial charge in [0.15, 0.2) is 0 Å². The van der Waals surface area contributed by atoms with E-state index in [1.54, 1.807) is 12.1 Å². The molecule has 0 bridgehead atoms. The Morgan fingerprint density at radius 1 is 0.818 bits per heavy atom. The van der Waals surface area contributed by atoms with E-state index in [0.717, 1.165) is 19.6 Å². The Morgan fingerprint density at radius 2 is 1.23 bits per heavy atom. The third-order valence-electron chi connectivity index (χ3n) is 3.03. The molecule has 0 spiro atoms. The zero-order valence-electron chi connectivity index (χ0n) is 11.3. The van der Waals surface area contributed by atoms with Gasteiger partial charge in [0.1, 0.15) is 11.5 Å². The summed E-state index contributed by atoms with van der Waals surface area (Å²) in [5.41, 5.74) is 0. The Morgan fingerprint density at radius 3 is 1.59 bits per heavy atom. The van der Waals surface area contributed by atoms with Crippen LogP contribution in [0.1, 0.15) is 0 Å². The van der Waals surface area contributed by atoms with Crippen LogP contribution in [-0.4, -0.2) is 12.5 Å². The van der Waals surface area contributed by atoms with E-state index in [4.69, 9.17) is 51.1 Å². The third-order valence-corrected chi connectivity index (χ3v) is 7.93. The van der Waals surface area contributed by atoms with Gasteiger partial charge in [-0.05, 0) is 12.5 Å². The Labute approximate surface area is 161 Å². The van der Waals surface area contributed by atoms with Gasteiger partial charge in [0.25, 0.3) is 0 Å². The van der Waals surface area contributed by atoms with Crippen LogP contribution in [0.15, 0.2) is 31.7 Å². The molecule has 116 valence electrons. The SMILES string of the molecule is CSc1c(Cl)cc2c(c1Cl)Sc1c(cc(Cl)c(SC)c1Cl)O2. The van der Waals surface area contributed by atoms with E-state index in [9.17, 15) is 0 Å². The first-order valence-electron chi connectivity index (χ1n) is 5.95. The fourth-order valence-corrected chi connectivity index (χ4v) is 6.28. The summed E-state index contributed by atoms with van der Waals surface area (Å²) in [7, 11) is 0. The van der Waals surface area contributed by atoms with Gasteiger partial charge in [-0.15, -0.1) is 23.5 Å². The van der Waals surface area contributed by atoms with Crippen LogP contribution < -0.4 is 4.74 Å². The summed E-state index contributed by atoms with van der Waals surface area (Å²) in [6.07, 6.45) is 3.86. The smallest absolute Gasteiger partial charge is 0.144 e. The molecular formula is C14H8Cl4OS3. The average Bonchev–Trinajstić information content (AvgIpc) is 2.47. The van der Waals surface area contributed by atoms with Crippen LogP contribution in [0.25, 0.3) is 0 Å². The van der Waals surface area contributed by atoms with E-state index in [-0.39, 0.29) is 0 Å². The number of hydrogen-bond donors (Lipinski definition) is 0. The second-order valence-corrected chi connectivity index (χ2v) is 8.49. The van der Waals surface area contributed by atoms with Crippen molar-refractivity contribution in [3.63, 3.8) is 0 Å². The van der Waals surface area contributed by atoms with Gasteiger partial charge in [-0.2, -0.15) is 0 Å². The summed E-state index contributed by atoms with van der Waals surface area (Å²) in [6.45, 7) is 0. The minimum atomic E-state index is 0.568. The van der Waals surface area contributed by atoms with Crippen molar-refractivity contribution in [2.24, 2.45) is 0 Å². The van der Waals surface area contributed by atoms with Crippen LogP contribution in [-0.2, 0) is 0 Å². The predicted octanol–water partition coefficient (Wildman–Crippen LogP) is 8.00. The molecule has 0 fully saturated rings. The van der Waals surface area contributed by atoms with Crippen molar-refractivity contribution in [1.29, 1.82) is 0 Å². The lowest BCUT2D eigenvalue weighted by Crippen LogP contribution is -1.98. The molecule has 0 aromatic heterocycles. The molecule has 3 rings (SSSR count). The molecule has 1 nitrogen and oxygen atoms in total. The van der Waals surface area contributed by atoms with Gasteiger partial charge in [-0.3, -0.25) is 0 Å². The van der Waals surface area contributed by atoms with Crippen LogP contribution in [0.3, 0.4) is 0 Å². The molecule has 8 heteroatoms. The fraction of sp³-hybridized carbons (Fsp3) is 0.143. The Kier molecular flexibility index (Phi) is 5.30. The molecule has 0 saturated heterocycles. The number of rotatable bonds is 2. The summed E-state index contributed by atoms with van der Waals surface area (Å²) < 4.78 is 5.92. The summed E-state index contributed by atoms with van der Waals surface area (Å²) in [5, 5.41) is 2.31. The second kappa shape index (κ2) is 6.75. The van der Waals surface area contributed by atoms with Crippen molar-refractivity contribution in [2.45, 2.75) is 19.6 Å². The van der Waals surface area contributed by atoms with Crippen molar-refractivity contribution >= 4 is 81.7 Å². The number of fused-ring (bicyclic) bond motifs is 2. The first kappa shape index (κ1) is 17.3. The maximum atomic E-state index is 6.48. The fourth-order valence-electron chi connectivity index (χ4n) is 2.06. The van der Waals surface area contributed by atoms with Gasteiger partial charge in [0.2, 0.25) is 0 Å². The predicted molar refractivity (Wildman–Crippen MR) is 101 cm³/mol. The Hall–Kier alpha value is 0.450. The molecule has 0 radical (unpaired) electrons. The topological polar surface area (TPSA) is 9.23 Å². The summed E-state index contributed by atoms with van der Waals surface area (Å²) >= 11 is 29.9. The highest BCUT2D eigenvalue weighted by molar-refractivity contribution is 8.00. The highest BCUT2D eigenvalue weighted by Crippen LogP contribution is 2.57. The molecule has 2 aromatic rings. The van der Waals surface area contributed by atoms with Crippen molar-refractivity contribution < 1.29 is 4.74 Å². The number of ether oxygens (including phenoxy) is 1. The lowest BCUT2D eigenvalue weighted by Gasteiger charge is -2.24. The van der Waals surface area contributed by atoms with E-state index < -0.39 is 0 Å². The highest BCUT2D eigenvalue weighted by Gasteiger charge is 2.28. The number of benzene rings is 2. The minimum absolute atomic E-state index is 0.568. The molecular weight excluding hydrogens is 422 g/mol. The first-order valence-corrected chi connectivity index (χ1v) is 10.7. The van der Waals surface area contributed by atoms with Crippen LogP contribution in [0.5, 0.6) is 11.5 Å². The number of halogens is 4. The van der Waals surface area contributed by atoms with E-state index in [2.05, 4.69) is 0 Å². The lowest BCUT2D eigenvalue weighted by molar-refractivity contribution is 0.453. The molecule has 0 N–H and O–H groups in total. The molecule has 2 aromatic carbocycles. The molecule has 0 atom stereocenters. The molecule has 0 aliphatic carbocycles. The van der Waals surface area contributed by atoms with Gasteiger partial charge in [0.05, 0.1) is 29.9 Å². The van der Waals surface area contributed by atoms with Crippen LogP contribution in [0, 0.1) is 0 Å². The van der Waals surface area contributed by atoms with Gasteiger partial charge >= 0.3 is 0 Å². The average molecular weight is 430 g/mol. The number of thioether (sulfide) groups is 2. The van der Waals surface area contributed by atoms with E-state index in [1.807, 2.05) is 12.5 Å². The van der Waals surface area contributed by atoms with Crippen LogP contribution >= 0.6 is 81.7 Å². The van der Waals surface area contributed by atoms with Crippen molar-refractivity contribution in [3.8, 4) is 11.5 Å². The van der Waals surface area contributed by atoms with E-state index in [1.165, 1.54) is 35.3 Å². The molecule has 1 aliphatic rings. The second-order valence-electron chi connectivity index (χ2n) is 4.27. The van der Waals surface area contributed by atoms with Gasteiger partial charge in [-0.25, -0.2) is 0 Å².